The van der Waals surface area contributed by atoms with Crippen LogP contribution in [0.25, 0.3) is 0 Å². The molecule has 1 saturated heterocycles. The van der Waals surface area contributed by atoms with Crippen LogP contribution in [0.15, 0.2) is 24.3 Å². The van der Waals surface area contributed by atoms with Gasteiger partial charge in [0.15, 0.2) is 0 Å². The number of rotatable bonds is 3. The van der Waals surface area contributed by atoms with E-state index in [1.54, 1.807) is 0 Å². The van der Waals surface area contributed by atoms with Crippen molar-refractivity contribution in [2.45, 2.75) is 26.3 Å². The van der Waals surface area contributed by atoms with Crippen LogP contribution in [0.2, 0.25) is 0 Å². The van der Waals surface area contributed by atoms with Gasteiger partial charge in [0.1, 0.15) is 0 Å². The topological polar surface area (TPSA) is 20.3 Å². The highest BCUT2D eigenvalue weighted by atomic mass is 79.9. The van der Waals surface area contributed by atoms with Gasteiger partial charge in [-0.05, 0) is 25.3 Å². The molecule has 2 nitrogen and oxygen atoms in total. The van der Waals surface area contributed by atoms with Crippen molar-refractivity contribution in [1.29, 1.82) is 0 Å². The van der Waals surface area contributed by atoms with Gasteiger partial charge in [-0.15, -0.1) is 0 Å². The molecule has 1 aromatic carbocycles. The molecule has 1 fully saturated rings. The molecule has 2 atom stereocenters. The minimum atomic E-state index is 0.187. The minimum Gasteiger partial charge on any atom is -0.336 e. The largest absolute Gasteiger partial charge is 0.336 e. The third kappa shape index (κ3) is 2.71. The molecule has 17 heavy (non-hydrogen) atoms. The van der Waals surface area contributed by atoms with Gasteiger partial charge in [0, 0.05) is 18.3 Å². The van der Waals surface area contributed by atoms with Crippen LogP contribution in [0, 0.1) is 12.8 Å². The van der Waals surface area contributed by atoms with Crippen molar-refractivity contribution in [2.75, 3.05) is 11.9 Å². The number of halogens is 1. The average Bonchev–Trinajstić information content (AvgIpc) is 2.71. The summed E-state index contributed by atoms with van der Waals surface area (Å²) in [6.45, 7) is 5.06. The number of amides is 1. The third-order valence-corrected chi connectivity index (χ3v) is 4.40. The van der Waals surface area contributed by atoms with Crippen molar-refractivity contribution in [2.24, 2.45) is 5.92 Å². The van der Waals surface area contributed by atoms with Crippen molar-refractivity contribution in [3.63, 3.8) is 0 Å². The number of carbonyl (C=O) groups is 1. The lowest BCUT2D eigenvalue weighted by Crippen LogP contribution is -2.28. The lowest BCUT2D eigenvalue weighted by Gasteiger charge is -2.25. The Morgan fingerprint density at radius 2 is 2.06 bits per heavy atom. The Bertz CT molecular complexity index is 401. The SMILES string of the molecule is Cc1ccc(C(C)N2CC(CBr)CC2=O)cc1. The zero-order valence-electron chi connectivity index (χ0n) is 10.3. The van der Waals surface area contributed by atoms with Crippen LogP contribution in [0.5, 0.6) is 0 Å². The Balaban J connectivity index is 2.12. The summed E-state index contributed by atoms with van der Waals surface area (Å²) in [6, 6.07) is 8.64. The molecular weight excluding hydrogens is 278 g/mol. The van der Waals surface area contributed by atoms with E-state index in [1.807, 2.05) is 4.90 Å². The van der Waals surface area contributed by atoms with E-state index in [-0.39, 0.29) is 11.9 Å². The summed E-state index contributed by atoms with van der Waals surface area (Å²) in [5.41, 5.74) is 2.48. The molecule has 3 heteroatoms. The summed E-state index contributed by atoms with van der Waals surface area (Å²) in [5.74, 6) is 0.748. The molecule has 1 heterocycles. The standard InChI is InChI=1S/C14H18BrNO/c1-10-3-5-13(6-4-10)11(2)16-9-12(8-15)7-14(16)17/h3-6,11-12H,7-9H2,1-2H3. The Morgan fingerprint density at radius 1 is 1.41 bits per heavy atom. The van der Waals surface area contributed by atoms with Crippen LogP contribution in [-0.2, 0) is 4.79 Å². The second-order valence-corrected chi connectivity index (χ2v) is 5.50. The predicted molar refractivity (Wildman–Crippen MR) is 73.2 cm³/mol. The van der Waals surface area contributed by atoms with Crippen LogP contribution in [0.3, 0.4) is 0 Å². The summed E-state index contributed by atoms with van der Waals surface area (Å²) in [5, 5.41) is 0.913. The highest BCUT2D eigenvalue weighted by Crippen LogP contribution is 2.29. The van der Waals surface area contributed by atoms with E-state index in [0.29, 0.717) is 12.3 Å². The van der Waals surface area contributed by atoms with Crippen LogP contribution in [0.4, 0.5) is 0 Å². The summed E-state index contributed by atoms with van der Waals surface area (Å²) in [4.78, 5) is 13.9. The summed E-state index contributed by atoms with van der Waals surface area (Å²) in [7, 11) is 0. The van der Waals surface area contributed by atoms with E-state index < -0.39 is 0 Å². The van der Waals surface area contributed by atoms with Gasteiger partial charge in [0.05, 0.1) is 6.04 Å². The third-order valence-electron chi connectivity index (χ3n) is 3.48. The van der Waals surface area contributed by atoms with Crippen LogP contribution < -0.4 is 0 Å². The highest BCUT2D eigenvalue weighted by molar-refractivity contribution is 9.09. The normalized spacial score (nSPS) is 21.9. The zero-order valence-corrected chi connectivity index (χ0v) is 11.9. The second-order valence-electron chi connectivity index (χ2n) is 4.86. The van der Waals surface area contributed by atoms with Crippen molar-refractivity contribution in [1.82, 2.24) is 4.90 Å². The predicted octanol–water partition coefficient (Wildman–Crippen LogP) is 3.30. The number of hydrogen-bond acceptors (Lipinski definition) is 1. The molecule has 0 radical (unpaired) electrons. The summed E-state index contributed by atoms with van der Waals surface area (Å²) in [6.07, 6.45) is 0.682. The van der Waals surface area contributed by atoms with E-state index >= 15 is 0 Å². The molecular formula is C14H18BrNO. The number of nitrogens with zero attached hydrogens (tertiary/aromatic N) is 1. The Morgan fingerprint density at radius 3 is 2.59 bits per heavy atom. The van der Waals surface area contributed by atoms with Gasteiger partial charge in [-0.2, -0.15) is 0 Å². The van der Waals surface area contributed by atoms with Crippen molar-refractivity contribution in [3.8, 4) is 0 Å². The number of benzene rings is 1. The molecule has 1 aliphatic rings. The van der Waals surface area contributed by atoms with Gasteiger partial charge < -0.3 is 4.90 Å². The zero-order chi connectivity index (χ0) is 12.4. The summed E-state index contributed by atoms with van der Waals surface area (Å²) < 4.78 is 0. The molecule has 0 bridgehead atoms. The number of alkyl halides is 1. The number of hydrogen-bond donors (Lipinski definition) is 0. The van der Waals surface area contributed by atoms with Gasteiger partial charge in [0.25, 0.3) is 0 Å². The lowest BCUT2D eigenvalue weighted by atomic mass is 10.1. The molecule has 0 aromatic heterocycles. The number of carbonyl (C=O) groups excluding carboxylic acids is 1. The monoisotopic (exact) mass is 295 g/mol. The molecule has 1 aromatic rings. The molecule has 0 N–H and O–H groups in total. The fraction of sp³-hybridized carbons (Fsp3) is 0.500. The van der Waals surface area contributed by atoms with E-state index in [1.165, 1.54) is 11.1 Å². The van der Waals surface area contributed by atoms with Gasteiger partial charge in [-0.25, -0.2) is 0 Å². The van der Waals surface area contributed by atoms with Crippen LogP contribution in [0.1, 0.15) is 30.5 Å². The maximum Gasteiger partial charge on any atom is 0.223 e. The molecule has 1 aliphatic heterocycles. The molecule has 1 amide bonds. The van der Waals surface area contributed by atoms with Gasteiger partial charge in [-0.1, -0.05) is 45.8 Å². The number of aryl methyl sites for hydroxylation is 1. The minimum absolute atomic E-state index is 0.187. The lowest BCUT2D eigenvalue weighted by molar-refractivity contribution is -0.129. The molecule has 92 valence electrons. The number of likely N-dealkylation sites (tertiary alicyclic amines) is 1. The van der Waals surface area contributed by atoms with Gasteiger partial charge in [-0.3, -0.25) is 4.79 Å². The first-order valence-corrected chi connectivity index (χ1v) is 7.16. The van der Waals surface area contributed by atoms with E-state index in [4.69, 9.17) is 0 Å². The first-order valence-electron chi connectivity index (χ1n) is 6.04. The first-order chi connectivity index (χ1) is 8.11. The first kappa shape index (κ1) is 12.6. The van der Waals surface area contributed by atoms with Crippen molar-refractivity contribution >= 4 is 21.8 Å². The van der Waals surface area contributed by atoms with Gasteiger partial charge >= 0.3 is 0 Å². The Hall–Kier alpha value is -0.830. The fourth-order valence-corrected chi connectivity index (χ4v) is 2.74. The molecule has 2 rings (SSSR count). The highest BCUT2D eigenvalue weighted by Gasteiger charge is 2.32. The smallest absolute Gasteiger partial charge is 0.223 e. The maximum atomic E-state index is 11.9. The van der Waals surface area contributed by atoms with E-state index in [9.17, 15) is 4.79 Å². The van der Waals surface area contributed by atoms with E-state index in [0.717, 1.165) is 11.9 Å². The Labute approximate surface area is 111 Å². The molecule has 0 spiro atoms. The maximum absolute atomic E-state index is 11.9. The molecule has 2 unspecified atom stereocenters. The Kier molecular flexibility index (Phi) is 3.87. The molecule has 0 saturated carbocycles. The second kappa shape index (κ2) is 5.21. The van der Waals surface area contributed by atoms with Gasteiger partial charge in [0.2, 0.25) is 5.91 Å². The van der Waals surface area contributed by atoms with Crippen LogP contribution >= 0.6 is 15.9 Å². The van der Waals surface area contributed by atoms with Crippen molar-refractivity contribution < 1.29 is 4.79 Å². The average molecular weight is 296 g/mol. The summed E-state index contributed by atoms with van der Waals surface area (Å²) >= 11 is 3.47. The van der Waals surface area contributed by atoms with Crippen molar-refractivity contribution in [3.05, 3.63) is 35.4 Å². The van der Waals surface area contributed by atoms with Crippen LogP contribution in [-0.4, -0.2) is 22.7 Å². The quantitative estimate of drug-likeness (QED) is 0.784. The van der Waals surface area contributed by atoms with E-state index in [2.05, 4.69) is 54.0 Å². The molecule has 0 aliphatic carbocycles. The fourth-order valence-electron chi connectivity index (χ4n) is 2.31.